The van der Waals surface area contributed by atoms with Gasteiger partial charge in [0, 0.05) is 70.0 Å². The predicted molar refractivity (Wildman–Crippen MR) is 246 cm³/mol. The van der Waals surface area contributed by atoms with Gasteiger partial charge in [-0.2, -0.15) is 10.2 Å². The summed E-state index contributed by atoms with van der Waals surface area (Å²) in [5, 5.41) is 17.4. The highest BCUT2D eigenvalue weighted by atomic mass is 35.5. The molecule has 10 rings (SSSR count). The molecule has 2 amide bonds. The van der Waals surface area contributed by atoms with E-state index in [1.165, 1.54) is 6.07 Å². The van der Waals surface area contributed by atoms with Crippen LogP contribution in [0.15, 0.2) is 144 Å². The average molecular weight is 869 g/mol. The number of halogens is 2. The highest BCUT2D eigenvalue weighted by Gasteiger charge is 2.20. The lowest BCUT2D eigenvalue weighted by molar-refractivity contribution is -0.117. The Morgan fingerprint density at radius 2 is 1.27 bits per heavy atom. The molecule has 314 valence electrons. The summed E-state index contributed by atoms with van der Waals surface area (Å²) in [5.41, 5.74) is 7.05. The summed E-state index contributed by atoms with van der Waals surface area (Å²) in [7, 11) is 0. The number of pyridine rings is 4. The number of anilines is 2. The summed E-state index contributed by atoms with van der Waals surface area (Å²) in [6, 6.07) is 30.3. The summed E-state index contributed by atoms with van der Waals surface area (Å²) in [5.74, 6) is -1.40. The predicted octanol–water partition coefficient (Wildman–Crippen LogP) is 8.13. The molecule has 4 aromatic carbocycles. The fraction of sp³-hybridized carbons (Fsp3) is 0.0833. The maximum Gasteiger partial charge on any atom is 0.265 e. The number of fused-ring (bicyclic) bond motifs is 6. The van der Waals surface area contributed by atoms with Crippen molar-refractivity contribution in [3.63, 3.8) is 0 Å². The first kappa shape index (κ1) is 39.8. The number of alkyl halides is 2. The van der Waals surface area contributed by atoms with Gasteiger partial charge in [-0.25, -0.2) is 13.8 Å². The third kappa shape index (κ3) is 6.93. The minimum Gasteiger partial charge on any atom is -0.325 e. The molecule has 0 radical (unpaired) electrons. The Morgan fingerprint density at radius 1 is 0.656 bits per heavy atom. The van der Waals surface area contributed by atoms with Crippen molar-refractivity contribution >= 4 is 78.4 Å². The number of carbonyl (C=O) groups is 2. The maximum absolute atomic E-state index is 15.1. The van der Waals surface area contributed by atoms with Crippen molar-refractivity contribution in [2.45, 2.75) is 13.8 Å². The van der Waals surface area contributed by atoms with Gasteiger partial charge in [-0.15, -0.1) is 11.6 Å². The molecular weight excluding hydrogens is 835 g/mol. The summed E-state index contributed by atoms with van der Waals surface area (Å²) < 4.78 is 19.9. The van der Waals surface area contributed by atoms with Crippen LogP contribution in [0, 0.1) is 13.8 Å². The average Bonchev–Trinajstić information content (AvgIpc) is 4.04. The first-order chi connectivity index (χ1) is 31.1. The Morgan fingerprint density at radius 3 is 1.91 bits per heavy atom. The van der Waals surface area contributed by atoms with E-state index in [1.807, 2.05) is 67.7 Å². The number of rotatable bonds is 9. The minimum absolute atomic E-state index is 0.219. The minimum atomic E-state index is -1.20. The zero-order valence-corrected chi connectivity index (χ0v) is 34.8. The second-order valence-corrected chi connectivity index (χ2v) is 15.5. The van der Waals surface area contributed by atoms with Crippen molar-refractivity contribution in [2.24, 2.45) is 0 Å². The van der Waals surface area contributed by atoms with Gasteiger partial charge in [-0.05, 0) is 110 Å². The summed E-state index contributed by atoms with van der Waals surface area (Å²) in [4.78, 5) is 62.7. The zero-order chi connectivity index (χ0) is 44.2. The maximum atomic E-state index is 15.1. The fourth-order valence-corrected chi connectivity index (χ4v) is 8.08. The molecular formula is C48H34ClFN10O4. The summed E-state index contributed by atoms with van der Waals surface area (Å²) in [6.45, 7) is 2.43. The SMILES string of the molecule is Cc1ccc(-n2c(=O)c(-c3ccn(-c4ccc5ncc6ccc(=O)n(-c7ccc(C)c(NC(=O)CCl)c7)c6c5c4)n3)cc3cnc4ccc(-n5cccn5)cc4c32)cc1NC(=O)CF. The quantitative estimate of drug-likeness (QED) is 0.109. The molecule has 14 nitrogen and oxygen atoms in total. The van der Waals surface area contributed by atoms with Crippen LogP contribution in [0.5, 0.6) is 0 Å². The van der Waals surface area contributed by atoms with E-state index >= 15 is 4.79 Å². The van der Waals surface area contributed by atoms with E-state index in [0.29, 0.717) is 83.3 Å². The molecule has 6 aromatic heterocycles. The van der Waals surface area contributed by atoms with Gasteiger partial charge in [0.05, 0.1) is 56.1 Å². The highest BCUT2D eigenvalue weighted by Crippen LogP contribution is 2.32. The Labute approximate surface area is 366 Å². The molecule has 0 unspecified atom stereocenters. The van der Waals surface area contributed by atoms with Crippen LogP contribution >= 0.6 is 11.6 Å². The van der Waals surface area contributed by atoms with Gasteiger partial charge in [-0.3, -0.25) is 38.3 Å². The van der Waals surface area contributed by atoms with E-state index < -0.39 is 18.1 Å². The van der Waals surface area contributed by atoms with E-state index in [1.54, 1.807) is 92.7 Å². The first-order valence-electron chi connectivity index (χ1n) is 20.0. The van der Waals surface area contributed by atoms with Gasteiger partial charge in [0.15, 0.2) is 6.67 Å². The number of nitrogens with zero attached hydrogens (tertiary/aromatic N) is 8. The lowest BCUT2D eigenvalue weighted by Crippen LogP contribution is -2.22. The molecule has 64 heavy (non-hydrogen) atoms. The van der Waals surface area contributed by atoms with Crippen molar-refractivity contribution in [3.8, 4) is 34.0 Å². The van der Waals surface area contributed by atoms with E-state index in [-0.39, 0.29) is 22.9 Å². The topological polar surface area (TPSA) is 164 Å². The second kappa shape index (κ2) is 15.9. The lowest BCUT2D eigenvalue weighted by atomic mass is 10.1. The first-order valence-corrected chi connectivity index (χ1v) is 20.5. The highest BCUT2D eigenvalue weighted by molar-refractivity contribution is 6.29. The number of aromatic nitrogens is 8. The molecule has 0 fully saturated rings. The van der Waals surface area contributed by atoms with Crippen molar-refractivity contribution in [2.75, 3.05) is 23.2 Å². The molecule has 6 heterocycles. The third-order valence-electron chi connectivity index (χ3n) is 11.2. The van der Waals surface area contributed by atoms with Crippen LogP contribution in [0.2, 0.25) is 0 Å². The molecule has 2 N–H and O–H groups in total. The van der Waals surface area contributed by atoms with Crippen LogP contribution in [0.1, 0.15) is 11.1 Å². The van der Waals surface area contributed by atoms with E-state index in [9.17, 15) is 18.8 Å². The Bertz CT molecular complexity index is 3670. The van der Waals surface area contributed by atoms with Crippen LogP contribution in [-0.2, 0) is 9.59 Å². The summed E-state index contributed by atoms with van der Waals surface area (Å²) in [6.07, 6.45) is 8.65. The number of hydrogen-bond acceptors (Lipinski definition) is 8. The number of aryl methyl sites for hydroxylation is 2. The number of amides is 2. The largest absolute Gasteiger partial charge is 0.325 e. The Balaban J connectivity index is 1.14. The standard InChI is InChI=1S/C48H34ClFN10O4/c1-27-4-7-33(21-41(27)54-43(61)23-49)59-45(63)13-6-29-25-51-38-12-10-32(20-35(38)46(29)59)58-17-14-40(56-58)37-18-30-26-52-39-11-9-31(57-16-3-15-53-57)19-36(39)47(30)60(48(37)64)34-8-5-28(2)42(22-34)55-44(62)24-50/h3-22,25-26H,23-24H2,1-2H3,(H,54,61)(H,55,62). The van der Waals surface area contributed by atoms with Crippen LogP contribution in [0.25, 0.3) is 77.6 Å². The molecule has 0 bridgehead atoms. The van der Waals surface area contributed by atoms with Crippen molar-refractivity contribution in [1.82, 2.24) is 38.7 Å². The van der Waals surface area contributed by atoms with Crippen molar-refractivity contribution < 1.29 is 14.0 Å². The molecule has 16 heteroatoms. The van der Waals surface area contributed by atoms with Gasteiger partial charge in [-0.1, -0.05) is 12.1 Å². The Kier molecular flexibility index (Phi) is 9.87. The number of benzene rings is 4. The molecule has 0 aliphatic rings. The van der Waals surface area contributed by atoms with Crippen LogP contribution < -0.4 is 21.8 Å². The lowest BCUT2D eigenvalue weighted by Gasteiger charge is -2.17. The molecule has 0 atom stereocenters. The number of hydrogen-bond donors (Lipinski definition) is 2. The van der Waals surface area contributed by atoms with Gasteiger partial charge in [0.1, 0.15) is 5.88 Å². The van der Waals surface area contributed by atoms with E-state index in [2.05, 4.69) is 20.7 Å². The molecule has 0 aliphatic carbocycles. The second-order valence-electron chi connectivity index (χ2n) is 15.2. The molecule has 0 aliphatic heterocycles. The fourth-order valence-electron chi connectivity index (χ4n) is 8.01. The molecule has 0 saturated heterocycles. The molecule has 10 aromatic rings. The van der Waals surface area contributed by atoms with Crippen molar-refractivity contribution in [3.05, 3.63) is 166 Å². The Hall–Kier alpha value is -8.30. The van der Waals surface area contributed by atoms with E-state index in [0.717, 1.165) is 11.3 Å². The number of nitrogens with one attached hydrogen (secondary N) is 2. The van der Waals surface area contributed by atoms with Crippen LogP contribution in [0.4, 0.5) is 15.8 Å². The van der Waals surface area contributed by atoms with Gasteiger partial charge in [0.25, 0.3) is 17.0 Å². The zero-order valence-electron chi connectivity index (χ0n) is 34.1. The number of carbonyl (C=O) groups excluding carboxylic acids is 2. The monoisotopic (exact) mass is 868 g/mol. The van der Waals surface area contributed by atoms with E-state index in [4.69, 9.17) is 21.7 Å². The third-order valence-corrected chi connectivity index (χ3v) is 11.4. The smallest absolute Gasteiger partial charge is 0.265 e. The molecule has 0 saturated carbocycles. The van der Waals surface area contributed by atoms with Crippen LogP contribution in [0.3, 0.4) is 0 Å². The van der Waals surface area contributed by atoms with Gasteiger partial charge in [0.2, 0.25) is 5.91 Å². The van der Waals surface area contributed by atoms with Gasteiger partial charge >= 0.3 is 0 Å². The van der Waals surface area contributed by atoms with Gasteiger partial charge < -0.3 is 10.6 Å². The summed E-state index contributed by atoms with van der Waals surface area (Å²) >= 11 is 5.79. The van der Waals surface area contributed by atoms with Crippen LogP contribution in [-0.4, -0.2) is 63.0 Å². The van der Waals surface area contributed by atoms with Crippen molar-refractivity contribution in [1.29, 1.82) is 0 Å². The normalized spacial score (nSPS) is 11.5. The molecule has 0 spiro atoms.